The Bertz CT molecular complexity index is 463. The topological polar surface area (TPSA) is 77.0 Å². The van der Waals surface area contributed by atoms with Crippen molar-refractivity contribution in [3.63, 3.8) is 0 Å². The number of unbranched alkanes of at least 4 members (excludes halogenated alkanes) is 1. The van der Waals surface area contributed by atoms with Gasteiger partial charge in [-0.3, -0.25) is 4.79 Å². The van der Waals surface area contributed by atoms with Gasteiger partial charge >= 0.3 is 5.97 Å². The van der Waals surface area contributed by atoms with Gasteiger partial charge in [-0.15, -0.1) is 0 Å². The van der Waals surface area contributed by atoms with Gasteiger partial charge in [0, 0.05) is 5.57 Å². The first-order valence-electron chi connectivity index (χ1n) is 6.04. The third kappa shape index (κ3) is 2.01. The number of hydrogen-bond donors (Lipinski definition) is 1. The molecule has 0 aromatic carbocycles. The summed E-state index contributed by atoms with van der Waals surface area (Å²) in [5.41, 5.74) is 6.33. The predicted molar refractivity (Wildman–Crippen MR) is 67.5 cm³/mol. The first-order chi connectivity index (χ1) is 8.74. The number of rotatable bonds is 5. The highest BCUT2D eigenvalue weighted by Gasteiger charge is 2.44. The summed E-state index contributed by atoms with van der Waals surface area (Å²) >= 11 is 0. The number of methoxy groups -OCH3 is 1. The third-order valence-electron chi connectivity index (χ3n) is 3.32. The van der Waals surface area contributed by atoms with Crippen LogP contribution in [0.15, 0.2) is 45.9 Å². The molecule has 0 amide bonds. The maximum Gasteiger partial charge on any atom is 0.320 e. The zero-order chi connectivity index (χ0) is 13.0. The van der Waals surface area contributed by atoms with Crippen LogP contribution < -0.4 is 5.73 Å². The molecule has 5 heteroatoms. The second-order valence-corrected chi connectivity index (χ2v) is 4.38. The fourth-order valence-corrected chi connectivity index (χ4v) is 2.36. The van der Waals surface area contributed by atoms with Gasteiger partial charge in [-0.25, -0.2) is 0 Å². The fraction of sp³-hybridized carbons (Fsp3) is 0.462. The highest BCUT2D eigenvalue weighted by Crippen LogP contribution is 2.45. The van der Waals surface area contributed by atoms with Gasteiger partial charge in [0.1, 0.15) is 5.41 Å². The number of ether oxygens (including phenoxy) is 1. The van der Waals surface area contributed by atoms with Crippen LogP contribution in [0.25, 0.3) is 0 Å². The van der Waals surface area contributed by atoms with Crippen LogP contribution in [0, 0.1) is 5.41 Å². The number of fused-ring (bicyclic) bond motifs is 1. The van der Waals surface area contributed by atoms with Crippen LogP contribution >= 0.6 is 0 Å². The molecule has 0 aromatic heterocycles. The molecule has 1 unspecified atom stereocenters. The number of azo groups is 1. The van der Waals surface area contributed by atoms with Crippen molar-refractivity contribution in [2.24, 2.45) is 21.4 Å². The Morgan fingerprint density at radius 3 is 3.06 bits per heavy atom. The maximum atomic E-state index is 12.2. The minimum absolute atomic E-state index is 0.264. The van der Waals surface area contributed by atoms with Crippen molar-refractivity contribution in [3.05, 3.63) is 35.7 Å². The Balaban J connectivity index is 2.29. The molecular formula is C13H17N3O2. The number of esters is 1. The van der Waals surface area contributed by atoms with Gasteiger partial charge in [0.15, 0.2) is 0 Å². The third-order valence-corrected chi connectivity index (χ3v) is 3.32. The van der Waals surface area contributed by atoms with Crippen LogP contribution in [0.1, 0.15) is 19.3 Å². The van der Waals surface area contributed by atoms with Crippen molar-refractivity contribution in [2.45, 2.75) is 19.3 Å². The number of carbonyl (C=O) groups is 1. The first-order valence-corrected chi connectivity index (χ1v) is 6.04. The normalized spacial score (nSPS) is 24.6. The summed E-state index contributed by atoms with van der Waals surface area (Å²) in [6.45, 7) is 0.622. The van der Waals surface area contributed by atoms with Crippen molar-refractivity contribution in [3.8, 4) is 0 Å². The van der Waals surface area contributed by atoms with Crippen molar-refractivity contribution in [1.29, 1.82) is 0 Å². The van der Waals surface area contributed by atoms with E-state index in [-0.39, 0.29) is 5.97 Å². The van der Waals surface area contributed by atoms with Gasteiger partial charge in [0.25, 0.3) is 0 Å². The molecule has 2 N–H and O–H groups in total. The Labute approximate surface area is 106 Å². The highest BCUT2D eigenvalue weighted by molar-refractivity contribution is 5.85. The van der Waals surface area contributed by atoms with E-state index in [9.17, 15) is 4.79 Å². The molecule has 0 saturated carbocycles. The van der Waals surface area contributed by atoms with E-state index in [1.165, 1.54) is 7.11 Å². The minimum Gasteiger partial charge on any atom is -0.468 e. The highest BCUT2D eigenvalue weighted by atomic mass is 16.5. The summed E-state index contributed by atoms with van der Waals surface area (Å²) in [6.07, 6.45) is 9.63. The van der Waals surface area contributed by atoms with Gasteiger partial charge < -0.3 is 10.5 Å². The van der Waals surface area contributed by atoms with E-state index >= 15 is 0 Å². The molecule has 0 bridgehead atoms. The van der Waals surface area contributed by atoms with Crippen LogP contribution in [0.2, 0.25) is 0 Å². The van der Waals surface area contributed by atoms with E-state index in [0.717, 1.165) is 24.1 Å². The molecule has 18 heavy (non-hydrogen) atoms. The van der Waals surface area contributed by atoms with E-state index in [4.69, 9.17) is 10.5 Å². The molecular weight excluding hydrogens is 230 g/mol. The van der Waals surface area contributed by atoms with Crippen LogP contribution in [-0.2, 0) is 9.53 Å². The molecule has 1 heterocycles. The molecule has 1 aliphatic heterocycles. The van der Waals surface area contributed by atoms with E-state index in [1.54, 1.807) is 6.20 Å². The predicted octanol–water partition coefficient (Wildman–Crippen LogP) is 2.08. The van der Waals surface area contributed by atoms with Gasteiger partial charge in [-0.2, -0.15) is 10.2 Å². The average molecular weight is 247 g/mol. The molecule has 5 nitrogen and oxygen atoms in total. The van der Waals surface area contributed by atoms with Crippen molar-refractivity contribution < 1.29 is 9.53 Å². The summed E-state index contributed by atoms with van der Waals surface area (Å²) in [6, 6.07) is 0. The molecule has 1 aliphatic carbocycles. The minimum atomic E-state index is -0.752. The average Bonchev–Trinajstić information content (AvgIpc) is 2.87. The van der Waals surface area contributed by atoms with Crippen molar-refractivity contribution >= 4 is 5.97 Å². The Hall–Kier alpha value is -1.75. The number of nitrogens with two attached hydrogens (primary N) is 1. The van der Waals surface area contributed by atoms with Crippen LogP contribution in [0.3, 0.4) is 0 Å². The van der Waals surface area contributed by atoms with E-state index < -0.39 is 5.41 Å². The van der Waals surface area contributed by atoms with Gasteiger partial charge in [0.2, 0.25) is 0 Å². The molecule has 0 fully saturated rings. The molecule has 1 atom stereocenters. The largest absolute Gasteiger partial charge is 0.468 e. The number of nitrogens with zero attached hydrogens (tertiary/aromatic N) is 2. The smallest absolute Gasteiger partial charge is 0.320 e. The summed E-state index contributed by atoms with van der Waals surface area (Å²) in [5.74, 6) is -0.264. The lowest BCUT2D eigenvalue weighted by atomic mass is 9.73. The lowest BCUT2D eigenvalue weighted by Gasteiger charge is -2.30. The Morgan fingerprint density at radius 1 is 1.50 bits per heavy atom. The zero-order valence-corrected chi connectivity index (χ0v) is 10.4. The quantitative estimate of drug-likeness (QED) is 0.596. The lowest BCUT2D eigenvalue weighted by Crippen LogP contribution is -2.34. The molecule has 0 saturated heterocycles. The van der Waals surface area contributed by atoms with Gasteiger partial charge in [0.05, 0.1) is 19.0 Å². The maximum absolute atomic E-state index is 12.2. The van der Waals surface area contributed by atoms with Gasteiger partial charge in [-0.05, 0) is 25.5 Å². The summed E-state index contributed by atoms with van der Waals surface area (Å²) in [5, 5.41) is 7.90. The Kier molecular flexibility index (Phi) is 3.72. The fourth-order valence-electron chi connectivity index (χ4n) is 2.36. The van der Waals surface area contributed by atoms with Crippen LogP contribution in [0.4, 0.5) is 0 Å². The monoisotopic (exact) mass is 247 g/mol. The summed E-state index contributed by atoms with van der Waals surface area (Å²) < 4.78 is 4.96. The van der Waals surface area contributed by atoms with E-state index in [2.05, 4.69) is 10.2 Å². The van der Waals surface area contributed by atoms with Crippen LogP contribution in [-0.4, -0.2) is 19.6 Å². The molecule has 2 aliphatic rings. The molecule has 96 valence electrons. The molecule has 0 radical (unpaired) electrons. The summed E-state index contributed by atoms with van der Waals surface area (Å²) in [4.78, 5) is 12.2. The SMILES string of the molecule is COC(=O)C1(CCCCN)C=CC=C2N=NC=C21. The number of allylic oxidation sites excluding steroid dienone is 3. The van der Waals surface area contributed by atoms with Crippen molar-refractivity contribution in [1.82, 2.24) is 0 Å². The second kappa shape index (κ2) is 5.27. The number of carbonyl (C=O) groups excluding carboxylic acids is 1. The lowest BCUT2D eigenvalue weighted by molar-refractivity contribution is -0.148. The summed E-state index contributed by atoms with van der Waals surface area (Å²) in [7, 11) is 1.41. The molecule has 2 rings (SSSR count). The second-order valence-electron chi connectivity index (χ2n) is 4.38. The standard InChI is InChI=1S/C13H17N3O2/c1-18-12(17)13(6-2-3-8-14)7-4-5-11-10(13)9-15-16-11/h4-5,7,9H,2-3,6,8,14H2,1H3. The van der Waals surface area contributed by atoms with Crippen molar-refractivity contribution in [2.75, 3.05) is 13.7 Å². The van der Waals surface area contributed by atoms with Crippen LogP contribution in [0.5, 0.6) is 0 Å². The molecule has 0 spiro atoms. The number of hydrogen-bond acceptors (Lipinski definition) is 5. The Morgan fingerprint density at radius 2 is 2.33 bits per heavy atom. The van der Waals surface area contributed by atoms with E-state index in [0.29, 0.717) is 13.0 Å². The van der Waals surface area contributed by atoms with E-state index in [1.807, 2.05) is 18.2 Å². The zero-order valence-electron chi connectivity index (χ0n) is 10.4. The molecule has 0 aromatic rings. The van der Waals surface area contributed by atoms with Gasteiger partial charge in [-0.1, -0.05) is 18.6 Å². The first kappa shape index (κ1) is 12.7.